The van der Waals surface area contributed by atoms with Crippen molar-refractivity contribution in [3.63, 3.8) is 0 Å². The van der Waals surface area contributed by atoms with Gasteiger partial charge in [0, 0.05) is 4.91 Å². The standard InChI is InChI=1S/C13H21N3O6/c1-12(2)19-6-7(20-12)8(15-16-14)9-10(11(17)18-5)22-13(3,4)21-9/h7-10H,6H2,1-5H3/t7-,8-,9+,10-/m1/s1. The third-order valence-corrected chi connectivity index (χ3v) is 3.50. The van der Waals surface area contributed by atoms with Gasteiger partial charge in [0.1, 0.15) is 6.10 Å². The summed E-state index contributed by atoms with van der Waals surface area (Å²) in [5.41, 5.74) is 8.85. The van der Waals surface area contributed by atoms with Crippen LogP contribution in [0.1, 0.15) is 27.7 Å². The van der Waals surface area contributed by atoms with Gasteiger partial charge in [0.05, 0.1) is 25.9 Å². The molecule has 9 nitrogen and oxygen atoms in total. The number of ether oxygens (including phenoxy) is 5. The molecule has 0 amide bonds. The van der Waals surface area contributed by atoms with Crippen LogP contribution >= 0.6 is 0 Å². The molecule has 2 fully saturated rings. The summed E-state index contributed by atoms with van der Waals surface area (Å²) in [6.45, 7) is 7.09. The van der Waals surface area contributed by atoms with Crippen molar-refractivity contribution >= 4 is 5.97 Å². The summed E-state index contributed by atoms with van der Waals surface area (Å²) in [5, 5.41) is 3.75. The molecule has 2 rings (SSSR count). The molecule has 0 aromatic carbocycles. The molecule has 0 bridgehead atoms. The highest BCUT2D eigenvalue weighted by atomic mass is 16.8. The Morgan fingerprint density at radius 2 is 1.95 bits per heavy atom. The van der Waals surface area contributed by atoms with E-state index in [1.54, 1.807) is 27.7 Å². The second-order valence-electron chi connectivity index (χ2n) is 6.11. The van der Waals surface area contributed by atoms with Crippen molar-refractivity contribution in [3.05, 3.63) is 10.4 Å². The van der Waals surface area contributed by atoms with Crippen molar-refractivity contribution in [1.29, 1.82) is 0 Å². The Balaban J connectivity index is 2.26. The topological polar surface area (TPSA) is 112 Å². The third-order valence-electron chi connectivity index (χ3n) is 3.50. The van der Waals surface area contributed by atoms with Crippen molar-refractivity contribution in [2.75, 3.05) is 13.7 Å². The van der Waals surface area contributed by atoms with Gasteiger partial charge in [-0.25, -0.2) is 4.79 Å². The van der Waals surface area contributed by atoms with Gasteiger partial charge in [0.25, 0.3) is 0 Å². The normalized spacial score (nSPS) is 34.0. The largest absolute Gasteiger partial charge is 0.467 e. The van der Waals surface area contributed by atoms with E-state index >= 15 is 0 Å². The number of carbonyl (C=O) groups excluding carboxylic acids is 1. The molecule has 0 saturated carbocycles. The van der Waals surface area contributed by atoms with Crippen molar-refractivity contribution < 1.29 is 28.5 Å². The molecule has 0 N–H and O–H groups in total. The highest BCUT2D eigenvalue weighted by molar-refractivity contribution is 5.75. The van der Waals surface area contributed by atoms with Crippen LogP contribution < -0.4 is 0 Å². The number of rotatable bonds is 4. The number of methoxy groups -OCH3 is 1. The summed E-state index contributed by atoms with van der Waals surface area (Å²) >= 11 is 0. The van der Waals surface area contributed by atoms with Crippen molar-refractivity contribution in [3.8, 4) is 0 Å². The van der Waals surface area contributed by atoms with Crippen LogP contribution in [0.25, 0.3) is 10.4 Å². The van der Waals surface area contributed by atoms with Crippen molar-refractivity contribution in [2.24, 2.45) is 5.11 Å². The first-order valence-corrected chi connectivity index (χ1v) is 6.98. The Labute approximate surface area is 128 Å². The number of hydrogen-bond donors (Lipinski definition) is 0. The molecule has 2 aliphatic heterocycles. The maximum atomic E-state index is 11.9. The second kappa shape index (κ2) is 6.02. The molecule has 0 spiro atoms. The number of nitrogens with zero attached hydrogens (tertiary/aromatic N) is 3. The van der Waals surface area contributed by atoms with E-state index in [9.17, 15) is 4.79 Å². The predicted molar refractivity (Wildman–Crippen MR) is 73.7 cm³/mol. The van der Waals surface area contributed by atoms with E-state index in [0.717, 1.165) is 0 Å². The van der Waals surface area contributed by atoms with Crippen LogP contribution in [0.5, 0.6) is 0 Å². The molecule has 124 valence electrons. The van der Waals surface area contributed by atoms with Gasteiger partial charge >= 0.3 is 5.97 Å². The minimum atomic E-state index is -0.998. The maximum Gasteiger partial charge on any atom is 0.337 e. The summed E-state index contributed by atoms with van der Waals surface area (Å²) in [5.74, 6) is -2.38. The van der Waals surface area contributed by atoms with E-state index in [0.29, 0.717) is 0 Å². The predicted octanol–water partition coefficient (Wildman–Crippen LogP) is 1.51. The molecule has 0 aromatic heterocycles. The van der Waals surface area contributed by atoms with Crippen LogP contribution in [0, 0.1) is 0 Å². The first-order chi connectivity index (χ1) is 10.2. The second-order valence-corrected chi connectivity index (χ2v) is 6.11. The summed E-state index contributed by atoms with van der Waals surface area (Å²) in [6.07, 6.45) is -2.36. The lowest BCUT2D eigenvalue weighted by Crippen LogP contribution is -2.46. The zero-order chi connectivity index (χ0) is 16.5. The highest BCUT2D eigenvalue weighted by Crippen LogP contribution is 2.36. The molecule has 9 heteroatoms. The highest BCUT2D eigenvalue weighted by Gasteiger charge is 2.53. The van der Waals surface area contributed by atoms with Crippen LogP contribution in [0.3, 0.4) is 0 Å². The number of azide groups is 1. The van der Waals surface area contributed by atoms with Gasteiger partial charge < -0.3 is 23.7 Å². The van der Waals surface area contributed by atoms with E-state index < -0.39 is 41.9 Å². The molecule has 0 unspecified atom stereocenters. The van der Waals surface area contributed by atoms with Crippen LogP contribution in [-0.2, 0) is 28.5 Å². The Morgan fingerprint density at radius 3 is 2.45 bits per heavy atom. The summed E-state index contributed by atoms with van der Waals surface area (Å²) in [7, 11) is 1.26. The fourth-order valence-electron chi connectivity index (χ4n) is 2.63. The molecule has 2 saturated heterocycles. The van der Waals surface area contributed by atoms with Crippen LogP contribution in [0.2, 0.25) is 0 Å². The van der Waals surface area contributed by atoms with Gasteiger partial charge in [0.2, 0.25) is 0 Å². The fourth-order valence-corrected chi connectivity index (χ4v) is 2.63. The minimum Gasteiger partial charge on any atom is -0.467 e. The van der Waals surface area contributed by atoms with Crippen LogP contribution in [0.4, 0.5) is 0 Å². The summed E-state index contributed by atoms with van der Waals surface area (Å²) < 4.78 is 27.3. The SMILES string of the molecule is COC(=O)[C@@H]1OC(C)(C)O[C@H]1[C@H](N=[N+]=[N-])[C@H]1COC(C)(C)O1. The third kappa shape index (κ3) is 3.50. The van der Waals surface area contributed by atoms with E-state index in [1.807, 2.05) is 0 Å². The Hall–Kier alpha value is -1.38. The maximum absolute atomic E-state index is 11.9. The molecule has 0 aromatic rings. The van der Waals surface area contributed by atoms with Gasteiger partial charge in [0.15, 0.2) is 17.7 Å². The van der Waals surface area contributed by atoms with Gasteiger partial charge in [-0.2, -0.15) is 0 Å². The lowest BCUT2D eigenvalue weighted by molar-refractivity contribution is -0.169. The summed E-state index contributed by atoms with van der Waals surface area (Å²) in [6, 6.07) is -0.780. The van der Waals surface area contributed by atoms with Gasteiger partial charge in [-0.15, -0.1) is 0 Å². The lowest BCUT2D eigenvalue weighted by Gasteiger charge is -2.26. The van der Waals surface area contributed by atoms with Gasteiger partial charge in [-0.05, 0) is 33.2 Å². The average Bonchev–Trinajstić information content (AvgIpc) is 2.94. The van der Waals surface area contributed by atoms with Crippen LogP contribution in [-0.4, -0.2) is 55.6 Å². The molecule has 22 heavy (non-hydrogen) atoms. The molecule has 2 heterocycles. The van der Waals surface area contributed by atoms with Crippen molar-refractivity contribution in [1.82, 2.24) is 0 Å². The molecular formula is C13H21N3O6. The Morgan fingerprint density at radius 1 is 1.27 bits per heavy atom. The van der Waals surface area contributed by atoms with E-state index in [1.165, 1.54) is 7.11 Å². The van der Waals surface area contributed by atoms with Gasteiger partial charge in [-0.3, -0.25) is 0 Å². The lowest BCUT2D eigenvalue weighted by atomic mass is 10.0. The number of hydrogen-bond acceptors (Lipinski definition) is 7. The minimum absolute atomic E-state index is 0.227. The molecule has 0 aliphatic carbocycles. The summed E-state index contributed by atoms with van der Waals surface area (Å²) in [4.78, 5) is 14.8. The van der Waals surface area contributed by atoms with E-state index in [2.05, 4.69) is 10.0 Å². The molecular weight excluding hydrogens is 294 g/mol. The zero-order valence-corrected chi connectivity index (χ0v) is 13.3. The van der Waals surface area contributed by atoms with E-state index in [-0.39, 0.29) is 6.61 Å². The number of esters is 1. The Bertz CT molecular complexity index is 488. The van der Waals surface area contributed by atoms with Crippen molar-refractivity contribution in [2.45, 2.75) is 63.6 Å². The fraction of sp³-hybridized carbons (Fsp3) is 0.923. The smallest absolute Gasteiger partial charge is 0.337 e. The molecule has 4 atom stereocenters. The number of carbonyl (C=O) groups is 1. The van der Waals surface area contributed by atoms with Gasteiger partial charge in [-0.1, -0.05) is 5.11 Å². The van der Waals surface area contributed by atoms with Crippen LogP contribution in [0.15, 0.2) is 5.11 Å². The monoisotopic (exact) mass is 315 g/mol. The Kier molecular flexibility index (Phi) is 4.65. The first kappa shape index (κ1) is 17.0. The quantitative estimate of drug-likeness (QED) is 0.336. The zero-order valence-electron chi connectivity index (χ0n) is 13.3. The average molecular weight is 315 g/mol. The molecule has 2 aliphatic rings. The first-order valence-electron chi connectivity index (χ1n) is 6.98. The molecule has 0 radical (unpaired) electrons. The van der Waals surface area contributed by atoms with E-state index in [4.69, 9.17) is 29.2 Å².